The number of amides is 1. The zero-order valence-electron chi connectivity index (χ0n) is 18.0. The molecular formula is C24H23FN4O3S. The summed E-state index contributed by atoms with van der Waals surface area (Å²) in [7, 11) is -3.63. The summed E-state index contributed by atoms with van der Waals surface area (Å²) in [5.74, 6) is -0.503. The minimum atomic E-state index is -3.63. The minimum absolute atomic E-state index is 0.0110. The average molecular weight is 467 g/mol. The van der Waals surface area contributed by atoms with Crippen LogP contribution >= 0.6 is 0 Å². The predicted octanol–water partition coefficient (Wildman–Crippen LogP) is 2.46. The zero-order valence-corrected chi connectivity index (χ0v) is 18.8. The van der Waals surface area contributed by atoms with Gasteiger partial charge in [0.25, 0.3) is 0 Å². The lowest BCUT2D eigenvalue weighted by atomic mass is 9.97. The number of nitriles is 2. The van der Waals surface area contributed by atoms with Crippen molar-refractivity contribution in [1.29, 1.82) is 10.5 Å². The summed E-state index contributed by atoms with van der Waals surface area (Å²) in [6.07, 6.45) is 4.07. The number of carbonyl (C=O) groups excluding carboxylic acids is 1. The molecule has 1 unspecified atom stereocenters. The Bertz CT molecular complexity index is 1300. The van der Waals surface area contributed by atoms with Crippen LogP contribution in [0.3, 0.4) is 0 Å². The zero-order chi connectivity index (χ0) is 23.8. The summed E-state index contributed by atoms with van der Waals surface area (Å²) in [5, 5.41) is 24.7. The fourth-order valence-corrected chi connectivity index (χ4v) is 5.61. The fourth-order valence-electron chi connectivity index (χ4n) is 4.75. The van der Waals surface area contributed by atoms with Crippen LogP contribution in [0.4, 0.5) is 4.39 Å². The van der Waals surface area contributed by atoms with Crippen LogP contribution in [0, 0.1) is 34.4 Å². The number of sulfone groups is 1. The second-order valence-electron chi connectivity index (χ2n) is 8.71. The summed E-state index contributed by atoms with van der Waals surface area (Å²) < 4.78 is 38.9. The predicted molar refractivity (Wildman–Crippen MR) is 119 cm³/mol. The molecule has 2 aliphatic rings. The third-order valence-corrected chi connectivity index (χ3v) is 7.56. The summed E-state index contributed by atoms with van der Waals surface area (Å²) >= 11 is 0. The molecule has 170 valence electrons. The van der Waals surface area contributed by atoms with Gasteiger partial charge in [0.1, 0.15) is 17.9 Å². The van der Waals surface area contributed by atoms with E-state index in [1.165, 1.54) is 24.3 Å². The number of fused-ring (bicyclic) bond motifs is 2. The van der Waals surface area contributed by atoms with Gasteiger partial charge in [-0.15, -0.1) is 0 Å². The molecule has 2 aromatic rings. The Kier molecular flexibility index (Phi) is 6.20. The van der Waals surface area contributed by atoms with Gasteiger partial charge in [-0.1, -0.05) is 18.2 Å². The highest BCUT2D eigenvalue weighted by molar-refractivity contribution is 7.90. The smallest absolute Gasteiger partial charge is 0.238 e. The van der Waals surface area contributed by atoms with Gasteiger partial charge >= 0.3 is 0 Å². The number of nitrogens with one attached hydrogen (secondary N) is 2. The van der Waals surface area contributed by atoms with E-state index in [1.54, 1.807) is 12.1 Å². The molecule has 0 radical (unpaired) electrons. The molecule has 33 heavy (non-hydrogen) atoms. The minimum Gasteiger partial charge on any atom is -0.339 e. The van der Waals surface area contributed by atoms with E-state index in [-0.39, 0.29) is 40.3 Å². The SMILES string of the molecule is CS(=O)(=O)c1cc(-c2ccc(CC(C#N)NC(=O)[C@H]3N[C@@H]4CC[C@H]3C4)c(F)c2)ccc1C#N. The number of carbonyl (C=O) groups is 1. The van der Waals surface area contributed by atoms with Crippen molar-refractivity contribution < 1.29 is 17.6 Å². The molecule has 4 atom stereocenters. The van der Waals surface area contributed by atoms with Crippen LogP contribution in [0.2, 0.25) is 0 Å². The van der Waals surface area contributed by atoms with Crippen LogP contribution in [-0.2, 0) is 21.1 Å². The van der Waals surface area contributed by atoms with Crippen LogP contribution in [0.1, 0.15) is 30.4 Å². The lowest BCUT2D eigenvalue weighted by Gasteiger charge is -2.23. The highest BCUT2D eigenvalue weighted by atomic mass is 32.2. The van der Waals surface area contributed by atoms with Crippen molar-refractivity contribution in [3.8, 4) is 23.3 Å². The monoisotopic (exact) mass is 466 g/mol. The second kappa shape index (κ2) is 8.93. The van der Waals surface area contributed by atoms with Crippen LogP contribution in [0.5, 0.6) is 0 Å². The Hall–Kier alpha value is -3.27. The average Bonchev–Trinajstić information content (AvgIpc) is 3.42. The number of rotatable bonds is 6. The van der Waals surface area contributed by atoms with Crippen molar-refractivity contribution in [2.24, 2.45) is 5.92 Å². The van der Waals surface area contributed by atoms with E-state index in [0.717, 1.165) is 25.5 Å². The molecule has 4 rings (SSSR count). The van der Waals surface area contributed by atoms with Crippen LogP contribution < -0.4 is 10.6 Å². The van der Waals surface area contributed by atoms with Crippen LogP contribution in [0.15, 0.2) is 41.3 Å². The van der Waals surface area contributed by atoms with Crippen molar-refractivity contribution in [2.45, 2.75) is 48.7 Å². The molecule has 2 N–H and O–H groups in total. The number of benzene rings is 2. The van der Waals surface area contributed by atoms with E-state index in [4.69, 9.17) is 5.26 Å². The molecular weight excluding hydrogens is 443 g/mol. The lowest BCUT2D eigenvalue weighted by molar-refractivity contribution is -0.124. The quantitative estimate of drug-likeness (QED) is 0.674. The number of hydrogen-bond acceptors (Lipinski definition) is 6. The molecule has 7 nitrogen and oxygen atoms in total. The third-order valence-electron chi connectivity index (χ3n) is 6.43. The molecule has 1 saturated heterocycles. The summed E-state index contributed by atoms with van der Waals surface area (Å²) in [5.41, 5.74) is 1.18. The molecule has 2 fully saturated rings. The highest BCUT2D eigenvalue weighted by Crippen LogP contribution is 2.35. The van der Waals surface area contributed by atoms with E-state index in [2.05, 4.69) is 10.6 Å². The van der Waals surface area contributed by atoms with Crippen LogP contribution in [0.25, 0.3) is 11.1 Å². The molecule has 0 spiro atoms. The maximum Gasteiger partial charge on any atom is 0.238 e. The van der Waals surface area contributed by atoms with Gasteiger partial charge in [0.2, 0.25) is 5.91 Å². The first-order chi connectivity index (χ1) is 15.7. The molecule has 1 aliphatic heterocycles. The maximum absolute atomic E-state index is 14.9. The van der Waals surface area contributed by atoms with Gasteiger partial charge in [0.05, 0.1) is 22.6 Å². The van der Waals surface area contributed by atoms with Gasteiger partial charge in [0.15, 0.2) is 9.84 Å². The molecule has 2 bridgehead atoms. The highest BCUT2D eigenvalue weighted by Gasteiger charge is 2.43. The Balaban J connectivity index is 1.50. The Morgan fingerprint density at radius 2 is 1.94 bits per heavy atom. The first-order valence-electron chi connectivity index (χ1n) is 10.7. The number of nitrogens with zero attached hydrogens (tertiary/aromatic N) is 2. The molecule has 1 heterocycles. The van der Waals surface area contributed by atoms with Gasteiger partial charge in [-0.2, -0.15) is 10.5 Å². The van der Waals surface area contributed by atoms with E-state index < -0.39 is 21.7 Å². The summed E-state index contributed by atoms with van der Waals surface area (Å²) in [6, 6.07) is 11.8. The van der Waals surface area contributed by atoms with Gasteiger partial charge in [-0.05, 0) is 60.1 Å². The van der Waals surface area contributed by atoms with Crippen molar-refractivity contribution in [2.75, 3.05) is 6.26 Å². The molecule has 1 saturated carbocycles. The van der Waals surface area contributed by atoms with E-state index in [1.807, 2.05) is 12.1 Å². The van der Waals surface area contributed by atoms with Crippen LogP contribution in [-0.4, -0.2) is 38.7 Å². The Morgan fingerprint density at radius 3 is 2.52 bits per heavy atom. The summed E-state index contributed by atoms with van der Waals surface area (Å²) in [4.78, 5) is 12.5. The first kappa shape index (κ1) is 22.9. The number of hydrogen-bond donors (Lipinski definition) is 2. The van der Waals surface area contributed by atoms with E-state index in [9.17, 15) is 22.9 Å². The van der Waals surface area contributed by atoms with Crippen molar-refractivity contribution in [3.05, 3.63) is 53.3 Å². The molecule has 2 aromatic carbocycles. The van der Waals surface area contributed by atoms with Gasteiger partial charge in [-0.25, -0.2) is 12.8 Å². The Morgan fingerprint density at radius 1 is 1.21 bits per heavy atom. The van der Waals surface area contributed by atoms with Gasteiger partial charge in [-0.3, -0.25) is 4.79 Å². The van der Waals surface area contributed by atoms with E-state index in [0.29, 0.717) is 17.2 Å². The second-order valence-corrected chi connectivity index (χ2v) is 10.7. The standard InChI is InChI=1S/C24H23FN4O3S/c1-33(31,32)22-11-15(3-5-18(22)12-26)14-2-4-16(21(25)10-14)8-20(13-27)29-24(30)23-17-6-7-19(9-17)28-23/h2-5,10-11,17,19-20,23,28H,6-9H2,1H3,(H,29,30)/t17-,19+,20?,23-/m0/s1. The largest absolute Gasteiger partial charge is 0.339 e. The molecule has 1 aliphatic carbocycles. The molecule has 1 amide bonds. The Labute approximate surface area is 192 Å². The van der Waals surface area contributed by atoms with Crippen molar-refractivity contribution >= 4 is 15.7 Å². The maximum atomic E-state index is 14.9. The fraction of sp³-hybridized carbons (Fsp3) is 0.375. The number of piperidine rings is 1. The third kappa shape index (κ3) is 4.75. The summed E-state index contributed by atoms with van der Waals surface area (Å²) in [6.45, 7) is 0. The number of halogens is 1. The molecule has 9 heteroatoms. The normalized spacial score (nSPS) is 22.4. The van der Waals surface area contributed by atoms with E-state index >= 15 is 0 Å². The first-order valence-corrected chi connectivity index (χ1v) is 12.6. The van der Waals surface area contributed by atoms with Gasteiger partial charge < -0.3 is 10.6 Å². The van der Waals surface area contributed by atoms with Crippen molar-refractivity contribution in [1.82, 2.24) is 10.6 Å². The lowest BCUT2D eigenvalue weighted by Crippen LogP contribution is -2.50. The van der Waals surface area contributed by atoms with Crippen molar-refractivity contribution in [3.63, 3.8) is 0 Å². The van der Waals surface area contributed by atoms with Gasteiger partial charge in [0, 0.05) is 18.7 Å². The molecule has 0 aromatic heterocycles. The topological polar surface area (TPSA) is 123 Å².